The van der Waals surface area contributed by atoms with E-state index in [-0.39, 0.29) is 6.42 Å². The summed E-state index contributed by atoms with van der Waals surface area (Å²) < 4.78 is 37.3. The van der Waals surface area contributed by atoms with E-state index >= 15 is 0 Å². The Hall–Kier alpha value is -1.17. The van der Waals surface area contributed by atoms with Crippen molar-refractivity contribution in [3.8, 4) is 0 Å². The zero-order valence-corrected chi connectivity index (χ0v) is 14.6. The number of halogens is 3. The van der Waals surface area contributed by atoms with Gasteiger partial charge < -0.3 is 5.11 Å². The van der Waals surface area contributed by atoms with Crippen molar-refractivity contribution < 1.29 is 23.1 Å². The van der Waals surface area contributed by atoms with Gasteiger partial charge >= 0.3 is 12.1 Å². The third-order valence-electron chi connectivity index (χ3n) is 3.74. The quantitative estimate of drug-likeness (QED) is 0.346. The topological polar surface area (TPSA) is 37.3 Å². The van der Waals surface area contributed by atoms with Crippen molar-refractivity contribution in [3.63, 3.8) is 0 Å². The number of aliphatic carboxylic acids is 1. The second-order valence-corrected chi connectivity index (χ2v) is 7.01. The maximum atomic E-state index is 12.4. The van der Waals surface area contributed by atoms with Crippen LogP contribution in [0.5, 0.6) is 0 Å². The van der Waals surface area contributed by atoms with Crippen LogP contribution in [0.25, 0.3) is 0 Å². The molecule has 1 aromatic carbocycles. The van der Waals surface area contributed by atoms with Gasteiger partial charge in [0.1, 0.15) is 0 Å². The van der Waals surface area contributed by atoms with E-state index in [1.807, 2.05) is 0 Å². The van der Waals surface area contributed by atoms with E-state index in [0.29, 0.717) is 0 Å². The zero-order valence-electron chi connectivity index (χ0n) is 13.8. The number of hydrogen-bond donors (Lipinski definition) is 1. The molecule has 0 bridgehead atoms. The molecule has 24 heavy (non-hydrogen) atoms. The molecule has 0 saturated carbocycles. The van der Waals surface area contributed by atoms with E-state index in [4.69, 9.17) is 5.11 Å². The van der Waals surface area contributed by atoms with Gasteiger partial charge in [0, 0.05) is 11.3 Å². The minimum atomic E-state index is -4.27. The van der Waals surface area contributed by atoms with E-state index in [1.54, 1.807) is 11.8 Å². The van der Waals surface area contributed by atoms with Crippen LogP contribution >= 0.6 is 11.8 Å². The van der Waals surface area contributed by atoms with Crippen molar-refractivity contribution in [2.24, 2.45) is 0 Å². The Morgan fingerprint density at radius 1 is 0.875 bits per heavy atom. The fourth-order valence-electron chi connectivity index (χ4n) is 2.37. The van der Waals surface area contributed by atoms with E-state index in [1.165, 1.54) is 12.1 Å². The lowest BCUT2D eigenvalue weighted by Gasteiger charge is -2.07. The summed E-state index contributed by atoms with van der Waals surface area (Å²) in [4.78, 5) is 11.2. The van der Waals surface area contributed by atoms with Crippen molar-refractivity contribution >= 4 is 17.7 Å². The van der Waals surface area contributed by atoms with Gasteiger partial charge in [0.25, 0.3) is 0 Å². The zero-order chi connectivity index (χ0) is 17.8. The number of carboxylic acids is 1. The van der Waals surface area contributed by atoms with Crippen molar-refractivity contribution in [1.29, 1.82) is 0 Å². The van der Waals surface area contributed by atoms with Crippen molar-refractivity contribution in [2.45, 2.75) is 68.9 Å². The Morgan fingerprint density at radius 2 is 1.38 bits per heavy atom. The lowest BCUT2D eigenvalue weighted by molar-refractivity contribution is -0.138. The summed E-state index contributed by atoms with van der Waals surface area (Å²) in [5.41, 5.74) is -0.602. The van der Waals surface area contributed by atoms with Gasteiger partial charge in [-0.1, -0.05) is 38.5 Å². The molecule has 0 fully saturated rings. The Labute approximate surface area is 145 Å². The number of benzene rings is 1. The second-order valence-electron chi connectivity index (χ2n) is 5.84. The molecule has 0 spiro atoms. The number of unbranched alkanes of at least 4 members (excludes halogenated alkanes) is 7. The first-order chi connectivity index (χ1) is 11.4. The molecule has 6 heteroatoms. The van der Waals surface area contributed by atoms with E-state index in [2.05, 4.69) is 0 Å². The first-order valence-electron chi connectivity index (χ1n) is 8.41. The van der Waals surface area contributed by atoms with Gasteiger partial charge in [-0.25, -0.2) is 0 Å². The van der Waals surface area contributed by atoms with Gasteiger partial charge in [0.05, 0.1) is 5.56 Å². The SMILES string of the molecule is O=C(O)CCCCCCCCCCSc1ccc(C(F)(F)F)cc1. The molecule has 0 saturated heterocycles. The average molecular weight is 362 g/mol. The van der Waals surface area contributed by atoms with Crippen LogP contribution in [-0.2, 0) is 11.0 Å². The summed E-state index contributed by atoms with van der Waals surface area (Å²) in [7, 11) is 0. The number of thioether (sulfide) groups is 1. The number of carboxylic acid groups (broad SMARTS) is 1. The van der Waals surface area contributed by atoms with Crippen molar-refractivity contribution in [3.05, 3.63) is 29.8 Å². The van der Waals surface area contributed by atoms with Crippen LogP contribution in [0.2, 0.25) is 0 Å². The molecule has 0 aliphatic carbocycles. The number of alkyl halides is 3. The second kappa shape index (κ2) is 11.4. The molecule has 0 aliphatic heterocycles. The van der Waals surface area contributed by atoms with Crippen LogP contribution in [0.4, 0.5) is 13.2 Å². The number of hydrogen-bond acceptors (Lipinski definition) is 2. The molecule has 0 radical (unpaired) electrons. The maximum absolute atomic E-state index is 12.4. The van der Waals surface area contributed by atoms with Crippen LogP contribution in [0.1, 0.15) is 63.4 Å². The molecule has 136 valence electrons. The summed E-state index contributed by atoms with van der Waals surface area (Å²) in [5.74, 6) is 0.199. The first kappa shape index (κ1) is 20.9. The van der Waals surface area contributed by atoms with Gasteiger partial charge in [-0.2, -0.15) is 13.2 Å². The largest absolute Gasteiger partial charge is 0.481 e. The minimum Gasteiger partial charge on any atom is -0.481 e. The molecule has 2 nitrogen and oxygen atoms in total. The predicted molar refractivity (Wildman–Crippen MR) is 91.4 cm³/mol. The molecule has 0 amide bonds. The van der Waals surface area contributed by atoms with Gasteiger partial charge in [-0.3, -0.25) is 4.79 Å². The van der Waals surface area contributed by atoms with E-state index in [0.717, 1.165) is 74.1 Å². The highest BCUT2D eigenvalue weighted by atomic mass is 32.2. The monoisotopic (exact) mass is 362 g/mol. The molecule has 0 heterocycles. The van der Waals surface area contributed by atoms with Gasteiger partial charge in [-0.05, 0) is 42.9 Å². The van der Waals surface area contributed by atoms with Crippen LogP contribution in [0.15, 0.2) is 29.2 Å². The highest BCUT2D eigenvalue weighted by Gasteiger charge is 2.29. The maximum Gasteiger partial charge on any atom is 0.416 e. The lowest BCUT2D eigenvalue weighted by atomic mass is 10.1. The summed E-state index contributed by atoms with van der Waals surface area (Å²) in [5, 5.41) is 8.52. The van der Waals surface area contributed by atoms with Crippen LogP contribution in [0, 0.1) is 0 Å². The lowest BCUT2D eigenvalue weighted by Crippen LogP contribution is -2.03. The van der Waals surface area contributed by atoms with Gasteiger partial charge in [0.2, 0.25) is 0 Å². The molecule has 0 atom stereocenters. The van der Waals surface area contributed by atoms with Gasteiger partial charge in [-0.15, -0.1) is 11.8 Å². The molecular formula is C18H25F3O2S. The highest BCUT2D eigenvalue weighted by Crippen LogP contribution is 2.30. The third-order valence-corrected chi connectivity index (χ3v) is 4.83. The van der Waals surface area contributed by atoms with Crippen molar-refractivity contribution in [2.75, 3.05) is 5.75 Å². The van der Waals surface area contributed by atoms with Crippen molar-refractivity contribution in [1.82, 2.24) is 0 Å². The standard InChI is InChI=1S/C18H25F3O2S/c19-18(20,21)15-10-12-16(13-11-15)24-14-8-6-4-2-1-3-5-7-9-17(22)23/h10-13H,1-9,14H2,(H,22,23). The fraction of sp³-hybridized carbons (Fsp3) is 0.611. The Balaban J connectivity index is 1.98. The Morgan fingerprint density at radius 3 is 1.88 bits per heavy atom. The average Bonchev–Trinajstić information content (AvgIpc) is 2.52. The Kier molecular flexibility index (Phi) is 9.91. The molecule has 0 aromatic heterocycles. The summed E-state index contributed by atoms with van der Waals surface area (Å²) in [6.07, 6.45) is 4.49. The fourth-order valence-corrected chi connectivity index (χ4v) is 3.28. The Bertz CT molecular complexity index is 472. The molecule has 0 unspecified atom stereocenters. The predicted octanol–water partition coefficient (Wildman–Crippen LogP) is 6.39. The minimum absolute atomic E-state index is 0.265. The highest BCUT2D eigenvalue weighted by molar-refractivity contribution is 7.99. The van der Waals surface area contributed by atoms with Crippen LogP contribution in [-0.4, -0.2) is 16.8 Å². The number of carbonyl (C=O) groups is 1. The van der Waals surface area contributed by atoms with Crippen LogP contribution < -0.4 is 0 Å². The van der Waals surface area contributed by atoms with Crippen LogP contribution in [0.3, 0.4) is 0 Å². The molecule has 0 aliphatic rings. The molecule has 1 aromatic rings. The smallest absolute Gasteiger partial charge is 0.416 e. The van der Waals surface area contributed by atoms with E-state index < -0.39 is 17.7 Å². The normalized spacial score (nSPS) is 11.6. The number of rotatable bonds is 12. The summed E-state index contributed by atoms with van der Waals surface area (Å²) >= 11 is 1.59. The molecular weight excluding hydrogens is 337 g/mol. The summed E-state index contributed by atoms with van der Waals surface area (Å²) in [6, 6.07) is 5.33. The van der Waals surface area contributed by atoms with E-state index in [9.17, 15) is 18.0 Å². The molecule has 1 N–H and O–H groups in total. The van der Waals surface area contributed by atoms with Gasteiger partial charge in [0.15, 0.2) is 0 Å². The summed E-state index contributed by atoms with van der Waals surface area (Å²) in [6.45, 7) is 0. The molecule has 1 rings (SSSR count). The first-order valence-corrected chi connectivity index (χ1v) is 9.40. The third kappa shape index (κ3) is 9.85.